The van der Waals surface area contributed by atoms with Crippen molar-refractivity contribution in [3.63, 3.8) is 0 Å². The monoisotopic (exact) mass is 312 g/mol. The van der Waals surface area contributed by atoms with E-state index in [9.17, 15) is 9.59 Å². The molecule has 0 unspecified atom stereocenters. The van der Waals surface area contributed by atoms with Crippen LogP contribution in [0.5, 0.6) is 0 Å². The van der Waals surface area contributed by atoms with E-state index in [2.05, 4.69) is 15.5 Å². The van der Waals surface area contributed by atoms with Crippen molar-refractivity contribution < 1.29 is 9.59 Å². The van der Waals surface area contributed by atoms with Crippen molar-refractivity contribution >= 4 is 28.5 Å². The molecule has 1 aromatic heterocycles. The molecule has 1 saturated heterocycles. The molecule has 0 radical (unpaired) electrons. The number of aromatic nitrogens is 2. The van der Waals surface area contributed by atoms with Crippen LogP contribution in [0.3, 0.4) is 0 Å². The highest BCUT2D eigenvalue weighted by Crippen LogP contribution is 2.30. The average molecular weight is 312 g/mol. The van der Waals surface area contributed by atoms with E-state index in [1.54, 1.807) is 4.90 Å². The van der Waals surface area contributed by atoms with Gasteiger partial charge in [0.25, 0.3) is 0 Å². The van der Waals surface area contributed by atoms with E-state index in [1.165, 1.54) is 12.8 Å². The lowest BCUT2D eigenvalue weighted by Gasteiger charge is -2.16. The quantitative estimate of drug-likeness (QED) is 0.909. The molecule has 2 aromatic rings. The lowest BCUT2D eigenvalue weighted by molar-refractivity contribution is -0.126. The van der Waals surface area contributed by atoms with Crippen molar-refractivity contribution in [1.29, 1.82) is 0 Å². The van der Waals surface area contributed by atoms with Gasteiger partial charge in [-0.3, -0.25) is 19.6 Å². The maximum atomic E-state index is 12.4. The van der Waals surface area contributed by atoms with E-state index in [-0.39, 0.29) is 30.2 Å². The second kappa shape index (κ2) is 5.68. The Kier molecular flexibility index (Phi) is 3.52. The van der Waals surface area contributed by atoms with Crippen LogP contribution in [-0.4, -0.2) is 34.6 Å². The lowest BCUT2D eigenvalue weighted by atomic mass is 10.1. The molecule has 6 heteroatoms. The normalized spacial score (nSPS) is 22.2. The molecule has 1 aromatic carbocycles. The number of carbonyl (C=O) groups excluding carboxylic acids is 2. The minimum absolute atomic E-state index is 0.00703. The predicted molar refractivity (Wildman–Crippen MR) is 87.0 cm³/mol. The Bertz CT molecular complexity index is 748. The molecule has 2 fully saturated rings. The fraction of sp³-hybridized carbons (Fsp3) is 0.471. The molecule has 23 heavy (non-hydrogen) atoms. The SMILES string of the molecule is O=C(NC1CCCC1)[C@H]1CC(=O)N(c2n[nH]c3ccccc23)C1. The molecule has 1 saturated carbocycles. The van der Waals surface area contributed by atoms with Gasteiger partial charge in [0.05, 0.1) is 11.4 Å². The van der Waals surface area contributed by atoms with Gasteiger partial charge in [-0.1, -0.05) is 25.0 Å². The molecule has 0 spiro atoms. The van der Waals surface area contributed by atoms with Crippen molar-refractivity contribution in [2.45, 2.75) is 38.1 Å². The van der Waals surface area contributed by atoms with E-state index in [4.69, 9.17) is 0 Å². The van der Waals surface area contributed by atoms with Crippen LogP contribution < -0.4 is 10.2 Å². The zero-order valence-corrected chi connectivity index (χ0v) is 12.9. The van der Waals surface area contributed by atoms with Crippen molar-refractivity contribution in [1.82, 2.24) is 15.5 Å². The minimum atomic E-state index is -0.279. The number of nitrogens with one attached hydrogen (secondary N) is 2. The van der Waals surface area contributed by atoms with Gasteiger partial charge in [0, 0.05) is 24.4 Å². The molecule has 2 amide bonds. The predicted octanol–water partition coefficient (Wildman–Crippen LogP) is 1.97. The minimum Gasteiger partial charge on any atom is -0.353 e. The number of hydrogen-bond acceptors (Lipinski definition) is 3. The Morgan fingerprint density at radius 2 is 2.04 bits per heavy atom. The van der Waals surface area contributed by atoms with Crippen LogP contribution in [0, 0.1) is 5.92 Å². The summed E-state index contributed by atoms with van der Waals surface area (Å²) in [6.07, 6.45) is 4.74. The number of carbonyl (C=O) groups is 2. The van der Waals surface area contributed by atoms with Gasteiger partial charge in [0.2, 0.25) is 11.8 Å². The number of para-hydroxylation sites is 1. The molecule has 4 rings (SSSR count). The Morgan fingerprint density at radius 1 is 1.26 bits per heavy atom. The third-order valence-electron chi connectivity index (χ3n) is 4.90. The molecule has 2 N–H and O–H groups in total. The molecule has 2 heterocycles. The Morgan fingerprint density at radius 3 is 2.87 bits per heavy atom. The molecule has 1 aliphatic heterocycles. The number of aromatic amines is 1. The summed E-state index contributed by atoms with van der Waals surface area (Å²) in [5, 5.41) is 11.2. The lowest BCUT2D eigenvalue weighted by Crippen LogP contribution is -2.38. The highest BCUT2D eigenvalue weighted by atomic mass is 16.2. The second-order valence-corrected chi connectivity index (χ2v) is 6.49. The summed E-state index contributed by atoms with van der Waals surface area (Å²) in [5.74, 6) is 0.321. The van der Waals surface area contributed by atoms with Gasteiger partial charge in [-0.2, -0.15) is 5.10 Å². The first-order valence-corrected chi connectivity index (χ1v) is 8.26. The summed E-state index contributed by atoms with van der Waals surface area (Å²) in [6, 6.07) is 8.00. The maximum Gasteiger partial charge on any atom is 0.229 e. The van der Waals surface area contributed by atoms with E-state index in [0.29, 0.717) is 12.4 Å². The topological polar surface area (TPSA) is 78.1 Å². The van der Waals surface area contributed by atoms with E-state index in [0.717, 1.165) is 23.7 Å². The van der Waals surface area contributed by atoms with E-state index < -0.39 is 0 Å². The molecular weight excluding hydrogens is 292 g/mol. The average Bonchev–Trinajstić information content (AvgIpc) is 3.26. The smallest absolute Gasteiger partial charge is 0.229 e. The Hall–Kier alpha value is -2.37. The fourth-order valence-corrected chi connectivity index (χ4v) is 3.63. The first kappa shape index (κ1) is 14.2. The number of hydrogen-bond donors (Lipinski definition) is 2. The van der Waals surface area contributed by atoms with Gasteiger partial charge < -0.3 is 5.32 Å². The molecule has 120 valence electrons. The van der Waals surface area contributed by atoms with Gasteiger partial charge in [-0.25, -0.2) is 0 Å². The number of amides is 2. The summed E-state index contributed by atoms with van der Waals surface area (Å²) in [4.78, 5) is 26.4. The number of fused-ring (bicyclic) bond motifs is 1. The van der Waals surface area contributed by atoms with Crippen molar-refractivity contribution in [2.24, 2.45) is 5.92 Å². The zero-order valence-electron chi connectivity index (χ0n) is 12.9. The third kappa shape index (κ3) is 2.58. The third-order valence-corrected chi connectivity index (χ3v) is 4.90. The Labute approximate surface area is 134 Å². The van der Waals surface area contributed by atoms with Crippen molar-refractivity contribution in [3.8, 4) is 0 Å². The largest absolute Gasteiger partial charge is 0.353 e. The van der Waals surface area contributed by atoms with Crippen LogP contribution in [0.25, 0.3) is 10.9 Å². The highest BCUT2D eigenvalue weighted by molar-refractivity contribution is 6.05. The summed E-state index contributed by atoms with van der Waals surface area (Å²) in [6.45, 7) is 0.409. The Balaban J connectivity index is 1.50. The van der Waals surface area contributed by atoms with Crippen molar-refractivity contribution in [2.75, 3.05) is 11.4 Å². The van der Waals surface area contributed by atoms with E-state index in [1.807, 2.05) is 24.3 Å². The maximum absolute atomic E-state index is 12.4. The summed E-state index contributed by atoms with van der Waals surface area (Å²) in [5.41, 5.74) is 0.897. The van der Waals surface area contributed by atoms with Crippen LogP contribution in [0.2, 0.25) is 0 Å². The van der Waals surface area contributed by atoms with Gasteiger partial charge in [0.1, 0.15) is 0 Å². The van der Waals surface area contributed by atoms with Crippen LogP contribution in [0.1, 0.15) is 32.1 Å². The molecule has 1 atom stereocenters. The fourth-order valence-electron chi connectivity index (χ4n) is 3.63. The molecule has 6 nitrogen and oxygen atoms in total. The van der Waals surface area contributed by atoms with Gasteiger partial charge in [0.15, 0.2) is 5.82 Å². The van der Waals surface area contributed by atoms with Crippen LogP contribution in [0.15, 0.2) is 24.3 Å². The number of H-pyrrole nitrogens is 1. The summed E-state index contributed by atoms with van der Waals surface area (Å²) < 4.78 is 0. The number of anilines is 1. The van der Waals surface area contributed by atoms with Crippen molar-refractivity contribution in [3.05, 3.63) is 24.3 Å². The first-order chi connectivity index (χ1) is 11.2. The van der Waals surface area contributed by atoms with E-state index >= 15 is 0 Å². The zero-order chi connectivity index (χ0) is 15.8. The van der Waals surface area contributed by atoms with Crippen LogP contribution in [0.4, 0.5) is 5.82 Å². The molecule has 1 aliphatic carbocycles. The summed E-state index contributed by atoms with van der Waals surface area (Å²) in [7, 11) is 0. The number of nitrogens with zero attached hydrogens (tertiary/aromatic N) is 2. The molecule has 0 bridgehead atoms. The van der Waals surface area contributed by atoms with Crippen LogP contribution in [-0.2, 0) is 9.59 Å². The summed E-state index contributed by atoms with van der Waals surface area (Å²) >= 11 is 0. The van der Waals surface area contributed by atoms with Gasteiger partial charge >= 0.3 is 0 Å². The molecule has 2 aliphatic rings. The van der Waals surface area contributed by atoms with Gasteiger partial charge in [-0.05, 0) is 25.0 Å². The second-order valence-electron chi connectivity index (χ2n) is 6.49. The first-order valence-electron chi connectivity index (χ1n) is 8.26. The highest BCUT2D eigenvalue weighted by Gasteiger charge is 2.37. The van der Waals surface area contributed by atoms with Gasteiger partial charge in [-0.15, -0.1) is 0 Å². The van der Waals surface area contributed by atoms with Crippen LogP contribution >= 0.6 is 0 Å². The number of rotatable bonds is 3. The number of benzene rings is 1. The molecular formula is C17H20N4O2. The standard InChI is InChI=1S/C17H20N4O2/c22-15-9-11(17(23)18-12-5-1-2-6-12)10-21(15)16-13-7-3-4-8-14(13)19-20-16/h3-4,7-8,11-12H,1-2,5-6,9-10H2,(H,18,23)(H,19,20)/t11-/m0/s1.